The Kier molecular flexibility index (Phi) is 8.97. The second-order valence-electron chi connectivity index (χ2n) is 5.46. The number of aliphatic imine (C=N–C) groups is 1. The molecule has 0 aliphatic heterocycles. The van der Waals surface area contributed by atoms with Crippen molar-refractivity contribution in [3.63, 3.8) is 0 Å². The molecule has 0 saturated carbocycles. The summed E-state index contributed by atoms with van der Waals surface area (Å²) in [6, 6.07) is 14.7. The molecule has 0 saturated heterocycles. The lowest BCUT2D eigenvalue weighted by atomic mass is 10.2. The van der Waals surface area contributed by atoms with E-state index < -0.39 is 0 Å². The Balaban J connectivity index is 1.46. The van der Waals surface area contributed by atoms with Crippen LogP contribution < -0.4 is 10.6 Å². The second kappa shape index (κ2) is 11.6. The summed E-state index contributed by atoms with van der Waals surface area (Å²) in [5.41, 5.74) is 1.32. The summed E-state index contributed by atoms with van der Waals surface area (Å²) in [4.78, 5) is 5.63. The summed E-state index contributed by atoms with van der Waals surface area (Å²) in [5, 5.41) is 8.77. The third-order valence-electron chi connectivity index (χ3n) is 3.60. The summed E-state index contributed by atoms with van der Waals surface area (Å²) in [6.07, 6.45) is 2.97. The van der Waals surface area contributed by atoms with E-state index in [1.165, 1.54) is 10.4 Å². The maximum absolute atomic E-state index is 5.68. The zero-order valence-corrected chi connectivity index (χ0v) is 15.1. The molecule has 4 nitrogen and oxygen atoms in total. The lowest BCUT2D eigenvalue weighted by Crippen LogP contribution is -2.38. The van der Waals surface area contributed by atoms with Crippen LogP contribution in [0.3, 0.4) is 0 Å². The Morgan fingerprint density at radius 1 is 1.00 bits per heavy atom. The van der Waals surface area contributed by atoms with Crippen molar-refractivity contribution in [2.45, 2.75) is 19.3 Å². The molecule has 1 aromatic heterocycles. The van der Waals surface area contributed by atoms with Crippen molar-refractivity contribution in [1.29, 1.82) is 0 Å². The Morgan fingerprint density at radius 2 is 1.83 bits per heavy atom. The van der Waals surface area contributed by atoms with Gasteiger partial charge in [-0.1, -0.05) is 36.4 Å². The molecule has 0 bridgehead atoms. The van der Waals surface area contributed by atoms with Gasteiger partial charge in [-0.25, -0.2) is 0 Å². The Hall–Kier alpha value is -1.85. The fraction of sp³-hybridized carbons (Fsp3) is 0.421. The molecule has 0 unspecified atom stereocenters. The monoisotopic (exact) mass is 345 g/mol. The van der Waals surface area contributed by atoms with Gasteiger partial charge in [-0.3, -0.25) is 4.99 Å². The Labute approximate surface area is 149 Å². The van der Waals surface area contributed by atoms with Crippen molar-refractivity contribution in [3.8, 4) is 0 Å². The smallest absolute Gasteiger partial charge is 0.190 e. The molecule has 0 atom stereocenters. The van der Waals surface area contributed by atoms with Crippen LogP contribution >= 0.6 is 11.3 Å². The predicted molar refractivity (Wildman–Crippen MR) is 103 cm³/mol. The van der Waals surface area contributed by atoms with Gasteiger partial charge in [0.25, 0.3) is 0 Å². The van der Waals surface area contributed by atoms with Crippen molar-refractivity contribution in [2.24, 2.45) is 4.99 Å². The molecule has 24 heavy (non-hydrogen) atoms. The van der Waals surface area contributed by atoms with Crippen LogP contribution in [0.15, 0.2) is 52.8 Å². The van der Waals surface area contributed by atoms with Crippen LogP contribution in [-0.2, 0) is 17.6 Å². The van der Waals surface area contributed by atoms with E-state index in [0.717, 1.165) is 51.5 Å². The number of hydrogen-bond donors (Lipinski definition) is 2. The number of hydrogen-bond acceptors (Lipinski definition) is 3. The molecule has 1 heterocycles. The lowest BCUT2D eigenvalue weighted by molar-refractivity contribution is 0.135. The average molecular weight is 346 g/mol. The molecule has 0 fully saturated rings. The van der Waals surface area contributed by atoms with E-state index in [4.69, 9.17) is 4.74 Å². The zero-order chi connectivity index (χ0) is 16.9. The molecular formula is C19H27N3OS. The minimum atomic E-state index is 0.770. The summed E-state index contributed by atoms with van der Waals surface area (Å²) >= 11 is 1.79. The Bertz CT molecular complexity index is 570. The van der Waals surface area contributed by atoms with E-state index in [9.17, 15) is 0 Å². The van der Waals surface area contributed by atoms with Gasteiger partial charge in [0.1, 0.15) is 0 Å². The molecule has 0 aliphatic carbocycles. The topological polar surface area (TPSA) is 45.7 Å². The van der Waals surface area contributed by atoms with Crippen molar-refractivity contribution in [1.82, 2.24) is 10.6 Å². The van der Waals surface area contributed by atoms with Crippen LogP contribution in [0.5, 0.6) is 0 Å². The molecule has 1 aromatic carbocycles. The summed E-state index contributed by atoms with van der Waals surface area (Å²) in [6.45, 7) is 3.31. The third kappa shape index (κ3) is 7.62. The van der Waals surface area contributed by atoms with E-state index in [1.807, 2.05) is 6.07 Å². The fourth-order valence-electron chi connectivity index (χ4n) is 2.30. The highest BCUT2D eigenvalue weighted by atomic mass is 32.1. The van der Waals surface area contributed by atoms with Gasteiger partial charge in [0.2, 0.25) is 0 Å². The van der Waals surface area contributed by atoms with Gasteiger partial charge in [0, 0.05) is 31.6 Å². The molecule has 5 heteroatoms. The van der Waals surface area contributed by atoms with E-state index in [2.05, 4.69) is 57.4 Å². The largest absolute Gasteiger partial charge is 0.381 e. The van der Waals surface area contributed by atoms with Gasteiger partial charge in [-0.05, 0) is 36.3 Å². The zero-order valence-electron chi connectivity index (χ0n) is 14.3. The normalized spacial score (nSPS) is 11.5. The number of nitrogens with one attached hydrogen (secondary N) is 2. The first-order valence-electron chi connectivity index (χ1n) is 8.47. The molecule has 2 N–H and O–H groups in total. The summed E-state index contributed by atoms with van der Waals surface area (Å²) in [7, 11) is 1.80. The predicted octanol–water partition coefficient (Wildman–Crippen LogP) is 3.11. The van der Waals surface area contributed by atoms with Crippen LogP contribution in [-0.4, -0.2) is 39.3 Å². The summed E-state index contributed by atoms with van der Waals surface area (Å²) < 4.78 is 5.68. The van der Waals surface area contributed by atoms with E-state index in [1.54, 1.807) is 18.4 Å². The van der Waals surface area contributed by atoms with Crippen molar-refractivity contribution >= 4 is 17.3 Å². The van der Waals surface area contributed by atoms with Crippen LogP contribution in [0, 0.1) is 0 Å². The Morgan fingerprint density at radius 3 is 2.58 bits per heavy atom. The SMILES string of the molecule is CN=C(NCCCOCCc1ccccc1)NCCc1cccs1. The van der Waals surface area contributed by atoms with Gasteiger partial charge in [-0.15, -0.1) is 11.3 Å². The molecule has 0 spiro atoms. The van der Waals surface area contributed by atoms with E-state index in [0.29, 0.717) is 0 Å². The highest BCUT2D eigenvalue weighted by molar-refractivity contribution is 7.09. The molecule has 130 valence electrons. The van der Waals surface area contributed by atoms with Gasteiger partial charge in [0.05, 0.1) is 6.61 Å². The number of nitrogens with zero attached hydrogens (tertiary/aromatic N) is 1. The van der Waals surface area contributed by atoms with E-state index >= 15 is 0 Å². The third-order valence-corrected chi connectivity index (χ3v) is 4.54. The number of guanidine groups is 1. The second-order valence-corrected chi connectivity index (χ2v) is 6.49. The summed E-state index contributed by atoms with van der Waals surface area (Å²) in [5.74, 6) is 0.857. The molecule has 0 radical (unpaired) electrons. The van der Waals surface area contributed by atoms with Gasteiger partial charge >= 0.3 is 0 Å². The number of benzene rings is 1. The number of thiophene rings is 1. The minimum Gasteiger partial charge on any atom is -0.381 e. The standard InChI is InChI=1S/C19H27N3OS/c1-20-19(22-13-10-18-9-5-16-24-18)21-12-6-14-23-15-11-17-7-3-2-4-8-17/h2-5,7-9,16H,6,10-15H2,1H3,(H2,20,21,22). The molecule has 0 aliphatic rings. The maximum Gasteiger partial charge on any atom is 0.190 e. The van der Waals surface area contributed by atoms with Crippen LogP contribution in [0.25, 0.3) is 0 Å². The fourth-order valence-corrected chi connectivity index (χ4v) is 3.01. The molecular weight excluding hydrogens is 318 g/mol. The van der Waals surface area contributed by atoms with Crippen molar-refractivity contribution in [2.75, 3.05) is 33.4 Å². The molecule has 0 amide bonds. The highest BCUT2D eigenvalue weighted by Gasteiger charge is 1.98. The van der Waals surface area contributed by atoms with Crippen LogP contribution in [0.4, 0.5) is 0 Å². The van der Waals surface area contributed by atoms with Gasteiger partial charge in [-0.2, -0.15) is 0 Å². The first-order valence-corrected chi connectivity index (χ1v) is 9.35. The lowest BCUT2D eigenvalue weighted by Gasteiger charge is -2.11. The van der Waals surface area contributed by atoms with E-state index in [-0.39, 0.29) is 0 Å². The minimum absolute atomic E-state index is 0.770. The first kappa shape index (κ1) is 18.5. The highest BCUT2D eigenvalue weighted by Crippen LogP contribution is 2.07. The first-order chi connectivity index (χ1) is 11.9. The molecule has 2 rings (SSSR count). The average Bonchev–Trinajstić information content (AvgIpc) is 3.13. The maximum atomic E-state index is 5.68. The number of ether oxygens (including phenoxy) is 1. The quantitative estimate of drug-likeness (QED) is 0.395. The molecule has 2 aromatic rings. The number of rotatable bonds is 10. The van der Waals surface area contributed by atoms with Crippen molar-refractivity contribution < 1.29 is 4.74 Å². The van der Waals surface area contributed by atoms with Crippen LogP contribution in [0.2, 0.25) is 0 Å². The van der Waals surface area contributed by atoms with Crippen LogP contribution in [0.1, 0.15) is 16.9 Å². The van der Waals surface area contributed by atoms with Gasteiger partial charge in [0.15, 0.2) is 5.96 Å². The van der Waals surface area contributed by atoms with Crippen molar-refractivity contribution in [3.05, 3.63) is 58.3 Å². The van der Waals surface area contributed by atoms with Gasteiger partial charge < -0.3 is 15.4 Å².